The summed E-state index contributed by atoms with van der Waals surface area (Å²) in [5.74, 6) is -0.858. The lowest BCUT2D eigenvalue weighted by atomic mass is 9.92. The highest BCUT2D eigenvalue weighted by Gasteiger charge is 2.38. The molecule has 120 valence electrons. The van der Waals surface area contributed by atoms with Crippen LogP contribution < -0.4 is 5.73 Å². The van der Waals surface area contributed by atoms with Crippen molar-refractivity contribution in [2.75, 3.05) is 6.61 Å². The van der Waals surface area contributed by atoms with Crippen molar-refractivity contribution in [1.29, 1.82) is 0 Å². The summed E-state index contributed by atoms with van der Waals surface area (Å²) in [7, 11) is 0. The quantitative estimate of drug-likeness (QED) is 0.220. The standard InChI is InChI=1S/C12H25NO7/c1-5(2)3-6(13)8(16)10(18)12(20)11(19)9(17)7(15)4-14/h5-7,9-12,14-15,17-20H,3-4,13H2,1-2H3/t6-,7+,9+,10?,11-,12-/m0/s1/i/hD. The molecule has 0 fully saturated rings. The zero-order chi connectivity index (χ0) is 16.7. The molecule has 0 aliphatic carbocycles. The molecular formula is C12H25NO7. The van der Waals surface area contributed by atoms with Crippen LogP contribution in [0.2, 0.25) is 1.41 Å². The number of hydrogen-bond acceptors (Lipinski definition) is 8. The molecule has 0 aromatic heterocycles. The predicted molar refractivity (Wildman–Crippen MR) is 69.6 cm³/mol. The summed E-state index contributed by atoms with van der Waals surface area (Å²) in [5, 5.41) is 56.3. The number of Topliss-reactive ketones (excluding diaryl/α,β-unsaturated/α-hetero) is 1. The molecular weight excluding hydrogens is 270 g/mol. The molecule has 0 spiro atoms. The van der Waals surface area contributed by atoms with Crippen molar-refractivity contribution in [2.45, 2.75) is 56.8 Å². The second-order valence-electron chi connectivity index (χ2n) is 5.25. The summed E-state index contributed by atoms with van der Waals surface area (Å²) in [5.41, 5.74) is 1.97. The fourth-order valence-corrected chi connectivity index (χ4v) is 1.69. The Balaban J connectivity index is 4.81. The number of hydrogen-bond donors (Lipinski definition) is 7. The highest BCUT2D eigenvalue weighted by molar-refractivity contribution is 5.88. The molecule has 0 aliphatic rings. The summed E-state index contributed by atoms with van der Waals surface area (Å²) < 4.78 is 7.06. The fraction of sp³-hybridized carbons (Fsp3) is 0.917. The number of rotatable bonds is 10. The van der Waals surface area contributed by atoms with Crippen LogP contribution in [0.15, 0.2) is 0 Å². The van der Waals surface area contributed by atoms with Crippen molar-refractivity contribution < 1.29 is 36.8 Å². The van der Waals surface area contributed by atoms with Crippen molar-refractivity contribution in [2.24, 2.45) is 11.6 Å². The average molecular weight is 296 g/mol. The first-order valence-corrected chi connectivity index (χ1v) is 6.39. The van der Waals surface area contributed by atoms with Gasteiger partial charge in [-0.05, 0) is 12.3 Å². The summed E-state index contributed by atoms with van der Waals surface area (Å²) in [4.78, 5) is 11.9. The van der Waals surface area contributed by atoms with Crippen molar-refractivity contribution in [3.05, 3.63) is 0 Å². The van der Waals surface area contributed by atoms with Gasteiger partial charge in [-0.3, -0.25) is 4.79 Å². The molecule has 6 atom stereocenters. The van der Waals surface area contributed by atoms with Crippen LogP contribution in [0, 0.1) is 5.92 Å². The van der Waals surface area contributed by atoms with Crippen molar-refractivity contribution >= 4 is 5.78 Å². The number of aliphatic hydroxyl groups excluding tert-OH is 6. The zero-order valence-corrected chi connectivity index (χ0v) is 11.5. The minimum absolute atomic E-state index is 0.0490. The van der Waals surface area contributed by atoms with Crippen LogP contribution in [0.5, 0.6) is 0 Å². The predicted octanol–water partition coefficient (Wildman–Crippen LogP) is -3.27. The van der Waals surface area contributed by atoms with Gasteiger partial charge in [0.15, 0.2) is 5.78 Å². The van der Waals surface area contributed by atoms with E-state index in [1.165, 1.54) is 0 Å². The van der Waals surface area contributed by atoms with Gasteiger partial charge in [0.25, 0.3) is 0 Å². The molecule has 0 aromatic carbocycles. The van der Waals surface area contributed by atoms with Gasteiger partial charge in [-0.25, -0.2) is 0 Å². The van der Waals surface area contributed by atoms with Gasteiger partial charge in [0.1, 0.15) is 31.9 Å². The second kappa shape index (κ2) is 8.63. The first kappa shape index (κ1) is 17.4. The van der Waals surface area contributed by atoms with Crippen LogP contribution in [-0.4, -0.2) is 79.6 Å². The number of carbonyl (C=O) groups excluding carboxylic acids is 1. The molecule has 20 heavy (non-hydrogen) atoms. The monoisotopic (exact) mass is 296 g/mol. The summed E-state index contributed by atoms with van der Waals surface area (Å²) in [6.07, 6.45) is -9.54. The van der Waals surface area contributed by atoms with E-state index in [1.807, 2.05) is 5.73 Å². The summed E-state index contributed by atoms with van der Waals surface area (Å²) in [6.45, 7) is 2.74. The maximum atomic E-state index is 11.9. The first-order chi connectivity index (χ1) is 9.67. The van der Waals surface area contributed by atoms with Gasteiger partial charge >= 0.3 is 0 Å². The highest BCUT2D eigenvalue weighted by atomic mass is 16.4. The fourth-order valence-electron chi connectivity index (χ4n) is 1.69. The van der Waals surface area contributed by atoms with E-state index in [0.29, 0.717) is 0 Å². The molecule has 0 saturated carbocycles. The Morgan fingerprint density at radius 2 is 1.65 bits per heavy atom. The SMILES string of the molecule is [2H]N[C@@H](CC(C)C)C(=O)C(O)[C@H](O)[C@@H](O)[C@H](O)[C@H](O)CO. The van der Waals surface area contributed by atoms with E-state index in [4.69, 9.17) is 11.6 Å². The Morgan fingerprint density at radius 3 is 2.05 bits per heavy atom. The van der Waals surface area contributed by atoms with Crippen LogP contribution in [0.3, 0.4) is 0 Å². The third-order valence-corrected chi connectivity index (χ3v) is 2.95. The lowest BCUT2D eigenvalue weighted by molar-refractivity contribution is -0.156. The Labute approximate surface area is 118 Å². The van der Waals surface area contributed by atoms with Crippen LogP contribution in [0.1, 0.15) is 20.3 Å². The van der Waals surface area contributed by atoms with Crippen molar-refractivity contribution in [3.8, 4) is 0 Å². The normalized spacial score (nSPS) is 21.8. The van der Waals surface area contributed by atoms with Crippen molar-refractivity contribution in [3.63, 3.8) is 0 Å². The third-order valence-electron chi connectivity index (χ3n) is 2.95. The molecule has 0 radical (unpaired) electrons. The molecule has 8 nitrogen and oxygen atoms in total. The third kappa shape index (κ3) is 5.41. The topological polar surface area (TPSA) is 164 Å². The number of carbonyl (C=O) groups is 1. The Morgan fingerprint density at radius 1 is 1.10 bits per heavy atom. The second-order valence-corrected chi connectivity index (χ2v) is 5.25. The molecule has 0 amide bonds. The van der Waals surface area contributed by atoms with Crippen LogP contribution in [0.4, 0.5) is 0 Å². The molecule has 8 heteroatoms. The highest BCUT2D eigenvalue weighted by Crippen LogP contribution is 2.12. The molecule has 8 N–H and O–H groups in total. The van der Waals surface area contributed by atoms with Gasteiger partial charge in [0, 0.05) is 0 Å². The molecule has 0 rings (SSSR count). The molecule has 0 heterocycles. The molecule has 0 saturated heterocycles. The summed E-state index contributed by atoms with van der Waals surface area (Å²) in [6, 6.07) is -1.04. The van der Waals surface area contributed by atoms with Gasteiger partial charge in [-0.15, -0.1) is 0 Å². The van der Waals surface area contributed by atoms with Gasteiger partial charge in [0.2, 0.25) is 0 Å². The average Bonchev–Trinajstić information content (AvgIpc) is 2.47. The van der Waals surface area contributed by atoms with Gasteiger partial charge < -0.3 is 36.4 Å². The molecule has 0 bridgehead atoms. The number of aliphatic hydroxyl groups is 6. The lowest BCUT2D eigenvalue weighted by Crippen LogP contribution is -2.54. The van der Waals surface area contributed by atoms with Crippen LogP contribution in [0.25, 0.3) is 0 Å². The van der Waals surface area contributed by atoms with Crippen LogP contribution >= 0.6 is 0 Å². The van der Waals surface area contributed by atoms with E-state index < -0.39 is 49.0 Å². The Bertz CT molecular complexity index is 318. The van der Waals surface area contributed by atoms with E-state index >= 15 is 0 Å². The number of ketones is 1. The maximum Gasteiger partial charge on any atom is 0.180 e. The van der Waals surface area contributed by atoms with Gasteiger partial charge in [-0.2, -0.15) is 0 Å². The van der Waals surface area contributed by atoms with Crippen LogP contribution in [-0.2, 0) is 4.79 Å². The minimum atomic E-state index is -2.06. The first-order valence-electron chi connectivity index (χ1n) is 6.89. The van der Waals surface area contributed by atoms with E-state index in [2.05, 4.69) is 0 Å². The Hall–Kier alpha value is -0.610. The zero-order valence-electron chi connectivity index (χ0n) is 12.5. The van der Waals surface area contributed by atoms with Gasteiger partial charge in [0.05, 0.1) is 12.6 Å². The molecule has 1 unspecified atom stereocenters. The maximum absolute atomic E-state index is 11.9. The molecule has 0 aromatic rings. The molecule has 0 aliphatic heterocycles. The van der Waals surface area contributed by atoms with E-state index in [1.54, 1.807) is 13.8 Å². The number of nitrogens with two attached hydrogens (primary N) is 1. The Kier molecular flexibility index (Phi) is 7.52. The van der Waals surface area contributed by atoms with E-state index in [-0.39, 0.29) is 12.3 Å². The smallest absolute Gasteiger partial charge is 0.180 e. The minimum Gasteiger partial charge on any atom is -0.394 e. The summed E-state index contributed by atoms with van der Waals surface area (Å²) >= 11 is 0. The largest absolute Gasteiger partial charge is 0.394 e. The van der Waals surface area contributed by atoms with E-state index in [9.17, 15) is 25.2 Å². The van der Waals surface area contributed by atoms with E-state index in [0.717, 1.165) is 0 Å². The lowest BCUT2D eigenvalue weighted by Gasteiger charge is -2.29. The van der Waals surface area contributed by atoms with Gasteiger partial charge in [-0.1, -0.05) is 13.8 Å². The van der Waals surface area contributed by atoms with Crippen molar-refractivity contribution in [1.82, 2.24) is 0 Å².